The van der Waals surface area contributed by atoms with Crippen LogP contribution in [0.15, 0.2) is 58.3 Å². The van der Waals surface area contributed by atoms with Crippen molar-refractivity contribution in [2.75, 3.05) is 38.7 Å². The third kappa shape index (κ3) is 6.19. The number of carbonyl (C=O) groups is 2. The first-order valence-corrected chi connectivity index (χ1v) is 17.4. The molecule has 14 heteroatoms. The highest BCUT2D eigenvalue weighted by atomic mass is 35.5. The zero-order chi connectivity index (χ0) is 36.0. The zero-order valence-corrected chi connectivity index (χ0v) is 29.5. The summed E-state index contributed by atoms with van der Waals surface area (Å²) in [5, 5.41) is 18.7. The number of urea groups is 1. The molecule has 1 spiro atoms. The number of rotatable bonds is 8. The van der Waals surface area contributed by atoms with Crippen molar-refractivity contribution < 1.29 is 19.4 Å². The lowest BCUT2D eigenvalue weighted by atomic mass is 9.93. The first kappa shape index (κ1) is 34.5. The Morgan fingerprint density at radius 2 is 1.90 bits per heavy atom. The Balaban J connectivity index is 1.18. The summed E-state index contributed by atoms with van der Waals surface area (Å²) in [4.78, 5) is 58.1. The number of hydrogen-bond donors (Lipinski definition) is 4. The van der Waals surface area contributed by atoms with Crippen molar-refractivity contribution in [2.24, 2.45) is 7.05 Å². The molecule has 2 atom stereocenters. The van der Waals surface area contributed by atoms with Gasteiger partial charge in [0, 0.05) is 61.3 Å². The van der Waals surface area contributed by atoms with Crippen LogP contribution in [0.1, 0.15) is 52.4 Å². The van der Waals surface area contributed by atoms with Crippen LogP contribution in [0.25, 0.3) is 22.4 Å². The number of aliphatic hydroxyl groups is 1. The third-order valence-electron chi connectivity index (χ3n) is 10.5. The van der Waals surface area contributed by atoms with Crippen molar-refractivity contribution in [3.63, 3.8) is 0 Å². The minimum Gasteiger partial charge on any atom is -0.481 e. The minimum absolute atomic E-state index is 0.0554. The summed E-state index contributed by atoms with van der Waals surface area (Å²) in [7, 11) is 2.93. The predicted octanol–water partition coefficient (Wildman–Crippen LogP) is 3.63. The zero-order valence-electron chi connectivity index (χ0n) is 28.7. The molecule has 51 heavy (non-hydrogen) atoms. The molecule has 2 aromatic carbocycles. The predicted molar refractivity (Wildman–Crippen MR) is 194 cm³/mol. The van der Waals surface area contributed by atoms with E-state index in [-0.39, 0.29) is 36.3 Å². The van der Waals surface area contributed by atoms with Crippen LogP contribution in [0.5, 0.6) is 5.88 Å². The molecule has 4 aromatic rings. The summed E-state index contributed by atoms with van der Waals surface area (Å²) >= 11 is 7.16. The quantitative estimate of drug-likeness (QED) is 0.216. The molecule has 3 amide bonds. The van der Waals surface area contributed by atoms with Crippen LogP contribution in [-0.4, -0.2) is 75.0 Å². The third-order valence-corrected chi connectivity index (χ3v) is 10.9. The summed E-state index contributed by atoms with van der Waals surface area (Å²) in [5.74, 6) is -0.112. The molecule has 7 rings (SSSR count). The first-order chi connectivity index (χ1) is 24.5. The highest BCUT2D eigenvalue weighted by Gasteiger charge is 2.45. The second-order valence-electron chi connectivity index (χ2n) is 13.5. The molecule has 0 unspecified atom stereocenters. The number of methoxy groups -OCH3 is 1. The van der Waals surface area contributed by atoms with Crippen LogP contribution >= 0.6 is 11.6 Å². The molecule has 2 aromatic heterocycles. The summed E-state index contributed by atoms with van der Waals surface area (Å²) in [6, 6.07) is 13.3. The molecule has 0 bridgehead atoms. The van der Waals surface area contributed by atoms with Crippen molar-refractivity contribution in [1.29, 1.82) is 0 Å². The molecule has 2 aliphatic heterocycles. The van der Waals surface area contributed by atoms with Gasteiger partial charge in [-0.05, 0) is 61.4 Å². The molecular formula is C37H40ClN7O6. The number of aryl methyl sites for hydroxylation is 1. The van der Waals surface area contributed by atoms with Crippen molar-refractivity contribution >= 4 is 29.2 Å². The molecule has 0 saturated carbocycles. The standard InChI is InChI=1S/C37H40ClN7O6/c1-21-23(6-5-9-27(21)40-32(47)26-19-44(16-17-46)36(50)43(2)34(26)48)24-7-4-8-25(31(24)38)28-18-22-10-11-29(30(22)33(41-28)51-3)45-15-13-37(20-45)12-14-39-35(49)42-37/h4-9,18-19,29,46H,10-17,20H2,1-3H3,(H,40,47)(H2,39,42,49)/t29-,37-/m0/s1. The fraction of sp³-hybridized carbons (Fsp3) is 0.378. The van der Waals surface area contributed by atoms with E-state index in [2.05, 4.69) is 26.9 Å². The summed E-state index contributed by atoms with van der Waals surface area (Å²) < 4.78 is 7.89. The maximum Gasteiger partial charge on any atom is 0.330 e. The average molecular weight is 714 g/mol. The Morgan fingerprint density at radius 3 is 2.67 bits per heavy atom. The van der Waals surface area contributed by atoms with Crippen LogP contribution in [0.4, 0.5) is 10.5 Å². The van der Waals surface area contributed by atoms with Gasteiger partial charge in [0.15, 0.2) is 0 Å². The number of aliphatic hydroxyl groups excluding tert-OH is 1. The first-order valence-electron chi connectivity index (χ1n) is 17.0. The van der Waals surface area contributed by atoms with Crippen LogP contribution in [0.2, 0.25) is 5.02 Å². The highest BCUT2D eigenvalue weighted by Crippen LogP contribution is 2.46. The van der Waals surface area contributed by atoms with Crippen molar-refractivity contribution in [1.82, 2.24) is 29.7 Å². The number of benzene rings is 2. The monoisotopic (exact) mass is 713 g/mol. The number of carbonyl (C=O) groups excluding carboxylic acids is 2. The van der Waals surface area contributed by atoms with E-state index in [4.69, 9.17) is 21.3 Å². The lowest BCUT2D eigenvalue weighted by Gasteiger charge is -2.36. The molecule has 2 saturated heterocycles. The van der Waals surface area contributed by atoms with Crippen molar-refractivity contribution in [3.8, 4) is 28.3 Å². The van der Waals surface area contributed by atoms with E-state index < -0.39 is 17.2 Å². The van der Waals surface area contributed by atoms with Crippen molar-refractivity contribution in [2.45, 2.75) is 50.7 Å². The van der Waals surface area contributed by atoms with Gasteiger partial charge < -0.3 is 25.8 Å². The van der Waals surface area contributed by atoms with E-state index in [9.17, 15) is 24.3 Å². The Kier molecular flexibility index (Phi) is 9.21. The number of aromatic nitrogens is 3. The second-order valence-corrected chi connectivity index (χ2v) is 13.9. The number of ether oxygens (including phenoxy) is 1. The molecule has 266 valence electrons. The molecule has 0 radical (unpaired) electrons. The largest absolute Gasteiger partial charge is 0.481 e. The molecular weight excluding hydrogens is 674 g/mol. The SMILES string of the molecule is COc1nc(-c2cccc(-c3cccc(NC(=O)c4cn(CCO)c(=O)n(C)c4=O)c3C)c2Cl)cc2c1[C@@H](N1CC[C@@]3(CCNC(=O)N3)C1)CC2. The maximum absolute atomic E-state index is 13.3. The number of nitrogens with zero attached hydrogens (tertiary/aromatic N) is 4. The lowest BCUT2D eigenvalue weighted by Crippen LogP contribution is -2.59. The number of amides is 3. The fourth-order valence-electron chi connectivity index (χ4n) is 7.82. The Bertz CT molecular complexity index is 2180. The molecule has 3 aliphatic rings. The van der Waals surface area contributed by atoms with E-state index in [1.165, 1.54) is 13.2 Å². The van der Waals surface area contributed by atoms with E-state index in [0.717, 1.165) is 81.3 Å². The van der Waals surface area contributed by atoms with Gasteiger partial charge in [-0.3, -0.25) is 23.6 Å². The van der Waals surface area contributed by atoms with Gasteiger partial charge in [-0.15, -0.1) is 0 Å². The van der Waals surface area contributed by atoms with Gasteiger partial charge in [0.25, 0.3) is 11.5 Å². The normalized spacial score (nSPS) is 19.9. The number of nitrogens with one attached hydrogen (secondary N) is 3. The summed E-state index contributed by atoms with van der Waals surface area (Å²) in [5.41, 5.74) is 4.59. The number of hydrogen-bond acceptors (Lipinski definition) is 8. The molecule has 2 fully saturated rings. The van der Waals surface area contributed by atoms with E-state index in [0.29, 0.717) is 28.8 Å². The molecule has 4 heterocycles. The van der Waals surface area contributed by atoms with Gasteiger partial charge in [-0.1, -0.05) is 41.9 Å². The van der Waals surface area contributed by atoms with Gasteiger partial charge in [-0.25, -0.2) is 14.6 Å². The highest BCUT2D eigenvalue weighted by molar-refractivity contribution is 6.36. The van der Waals surface area contributed by atoms with Gasteiger partial charge in [0.05, 0.1) is 36.5 Å². The number of fused-ring (bicyclic) bond motifs is 1. The van der Waals surface area contributed by atoms with E-state index in [1.54, 1.807) is 19.2 Å². The number of halogens is 1. The Hall–Kier alpha value is -4.98. The Labute approximate surface area is 299 Å². The topological polar surface area (TPSA) is 160 Å². The molecule has 4 N–H and O–H groups in total. The maximum atomic E-state index is 13.3. The van der Waals surface area contributed by atoms with Crippen molar-refractivity contribution in [3.05, 3.63) is 96.8 Å². The number of likely N-dealkylation sites (tertiary alicyclic amines) is 1. The summed E-state index contributed by atoms with van der Waals surface area (Å²) in [6.45, 7) is 3.82. The van der Waals surface area contributed by atoms with E-state index >= 15 is 0 Å². The van der Waals surface area contributed by atoms with Crippen LogP contribution in [0.3, 0.4) is 0 Å². The molecule has 13 nitrogen and oxygen atoms in total. The van der Waals surface area contributed by atoms with Gasteiger partial charge in [0.2, 0.25) is 5.88 Å². The molecule has 1 aliphatic carbocycles. The summed E-state index contributed by atoms with van der Waals surface area (Å²) in [6.07, 6.45) is 4.77. The van der Waals surface area contributed by atoms with Gasteiger partial charge in [-0.2, -0.15) is 0 Å². The van der Waals surface area contributed by atoms with Crippen LogP contribution in [-0.2, 0) is 20.0 Å². The van der Waals surface area contributed by atoms with Gasteiger partial charge >= 0.3 is 11.7 Å². The number of anilines is 1. The average Bonchev–Trinajstić information content (AvgIpc) is 3.73. The Morgan fingerprint density at radius 1 is 1.14 bits per heavy atom. The van der Waals surface area contributed by atoms with Crippen LogP contribution in [0, 0.1) is 6.92 Å². The smallest absolute Gasteiger partial charge is 0.330 e. The minimum atomic E-state index is -0.737. The second kappa shape index (κ2) is 13.6. The van der Waals surface area contributed by atoms with Crippen LogP contribution < -0.4 is 31.9 Å². The fourth-order valence-corrected chi connectivity index (χ4v) is 8.15. The van der Waals surface area contributed by atoms with E-state index in [1.807, 2.05) is 31.2 Å². The van der Waals surface area contributed by atoms with Gasteiger partial charge in [0.1, 0.15) is 5.56 Å². The lowest BCUT2D eigenvalue weighted by molar-refractivity contribution is 0.102. The number of pyridine rings is 1.